The monoisotopic (exact) mass is 253 g/mol. The second kappa shape index (κ2) is 4.23. The van der Waals surface area contributed by atoms with E-state index in [9.17, 15) is 4.79 Å². The smallest absolute Gasteiger partial charge is 0.356 e. The van der Waals surface area contributed by atoms with Gasteiger partial charge in [0.2, 0.25) is 0 Å². The molecular weight excluding hydrogens is 246 g/mol. The number of carboxylic acid groups (broad SMARTS) is 1. The second-order valence-electron chi connectivity index (χ2n) is 3.32. The third-order valence-corrected chi connectivity index (χ3v) is 3.33. The molecule has 0 bridgehead atoms. The van der Waals surface area contributed by atoms with Crippen molar-refractivity contribution < 1.29 is 9.90 Å². The standard InChI is InChI=1S/C11H8ClNO2S/c1-6-2-4-7(5-3-6)9-8(10(14)15)13-11(12)16-9/h2-5H,1H3,(H,14,15). The van der Waals surface area contributed by atoms with Gasteiger partial charge in [0.25, 0.3) is 0 Å². The summed E-state index contributed by atoms with van der Waals surface area (Å²) in [6, 6.07) is 7.58. The molecule has 0 aliphatic heterocycles. The molecule has 3 nitrogen and oxygen atoms in total. The highest BCUT2D eigenvalue weighted by Crippen LogP contribution is 2.32. The van der Waals surface area contributed by atoms with E-state index in [1.54, 1.807) is 0 Å². The average molecular weight is 254 g/mol. The number of hydrogen-bond donors (Lipinski definition) is 1. The van der Waals surface area contributed by atoms with Crippen molar-refractivity contribution in [3.8, 4) is 10.4 Å². The van der Waals surface area contributed by atoms with Crippen LogP contribution in [-0.2, 0) is 0 Å². The summed E-state index contributed by atoms with van der Waals surface area (Å²) >= 11 is 6.91. The number of hydrogen-bond acceptors (Lipinski definition) is 3. The van der Waals surface area contributed by atoms with Crippen LogP contribution in [0.3, 0.4) is 0 Å². The maximum atomic E-state index is 11.0. The first-order valence-electron chi connectivity index (χ1n) is 4.54. The molecule has 0 saturated carbocycles. The van der Waals surface area contributed by atoms with Crippen molar-refractivity contribution in [1.29, 1.82) is 0 Å². The Morgan fingerprint density at radius 3 is 2.56 bits per heavy atom. The molecule has 0 radical (unpaired) electrons. The molecule has 82 valence electrons. The number of nitrogens with zero attached hydrogens (tertiary/aromatic N) is 1. The summed E-state index contributed by atoms with van der Waals surface area (Å²) < 4.78 is 0.243. The molecule has 1 aromatic carbocycles. The Bertz CT molecular complexity index is 533. The van der Waals surface area contributed by atoms with Gasteiger partial charge in [-0.05, 0) is 12.5 Å². The first-order chi connectivity index (χ1) is 7.58. The zero-order valence-corrected chi connectivity index (χ0v) is 9.97. The van der Waals surface area contributed by atoms with Crippen LogP contribution in [0.4, 0.5) is 0 Å². The number of aryl methyl sites for hydroxylation is 1. The summed E-state index contributed by atoms with van der Waals surface area (Å²) in [5, 5.41) is 8.98. The number of aromatic nitrogens is 1. The van der Waals surface area contributed by atoms with Crippen molar-refractivity contribution in [2.24, 2.45) is 0 Å². The first-order valence-corrected chi connectivity index (χ1v) is 5.74. The highest BCUT2D eigenvalue weighted by molar-refractivity contribution is 7.19. The number of benzene rings is 1. The van der Waals surface area contributed by atoms with Crippen LogP contribution in [0.2, 0.25) is 4.47 Å². The fourth-order valence-electron chi connectivity index (χ4n) is 1.34. The lowest BCUT2D eigenvalue weighted by atomic mass is 10.1. The van der Waals surface area contributed by atoms with Gasteiger partial charge in [-0.2, -0.15) is 0 Å². The predicted molar refractivity (Wildman–Crippen MR) is 64.3 cm³/mol. The molecule has 0 saturated heterocycles. The fraction of sp³-hybridized carbons (Fsp3) is 0.0909. The van der Waals surface area contributed by atoms with E-state index in [1.165, 1.54) is 11.3 Å². The molecule has 0 aliphatic carbocycles. The molecular formula is C11H8ClNO2S. The van der Waals surface area contributed by atoms with Crippen molar-refractivity contribution in [2.45, 2.75) is 6.92 Å². The first kappa shape index (κ1) is 11.1. The maximum Gasteiger partial charge on any atom is 0.356 e. The molecule has 0 fully saturated rings. The van der Waals surface area contributed by atoms with Crippen LogP contribution in [0.5, 0.6) is 0 Å². The Morgan fingerprint density at radius 1 is 1.38 bits per heavy atom. The van der Waals surface area contributed by atoms with Gasteiger partial charge in [-0.15, -0.1) is 11.3 Å². The molecule has 16 heavy (non-hydrogen) atoms. The number of thiazole rings is 1. The fourth-order valence-corrected chi connectivity index (χ4v) is 2.44. The molecule has 1 aromatic heterocycles. The van der Waals surface area contributed by atoms with E-state index in [1.807, 2.05) is 31.2 Å². The van der Waals surface area contributed by atoms with Crippen LogP contribution in [0.15, 0.2) is 24.3 Å². The third-order valence-electron chi connectivity index (χ3n) is 2.12. The van der Waals surface area contributed by atoms with Crippen LogP contribution < -0.4 is 0 Å². The summed E-state index contributed by atoms with van der Waals surface area (Å²) in [5.74, 6) is -1.06. The van der Waals surface area contributed by atoms with E-state index >= 15 is 0 Å². The van der Waals surface area contributed by atoms with Gasteiger partial charge in [0, 0.05) is 0 Å². The van der Waals surface area contributed by atoms with Crippen molar-refractivity contribution in [2.75, 3.05) is 0 Å². The van der Waals surface area contributed by atoms with Gasteiger partial charge in [0.05, 0.1) is 4.88 Å². The SMILES string of the molecule is Cc1ccc(-c2sc(Cl)nc2C(=O)O)cc1. The topological polar surface area (TPSA) is 50.2 Å². The number of halogens is 1. The zero-order chi connectivity index (χ0) is 11.7. The van der Waals surface area contributed by atoms with Gasteiger partial charge < -0.3 is 5.11 Å². The molecule has 0 unspecified atom stereocenters. The van der Waals surface area contributed by atoms with E-state index in [0.29, 0.717) is 4.88 Å². The third kappa shape index (κ3) is 2.08. The minimum absolute atomic E-state index is 0.0128. The van der Waals surface area contributed by atoms with E-state index in [2.05, 4.69) is 4.98 Å². The van der Waals surface area contributed by atoms with Crippen LogP contribution >= 0.6 is 22.9 Å². The molecule has 2 aromatic rings. The van der Waals surface area contributed by atoms with E-state index < -0.39 is 5.97 Å². The molecule has 5 heteroatoms. The van der Waals surface area contributed by atoms with Crippen LogP contribution in [0.25, 0.3) is 10.4 Å². The minimum Gasteiger partial charge on any atom is -0.476 e. The van der Waals surface area contributed by atoms with Gasteiger partial charge in [-0.1, -0.05) is 41.4 Å². The molecule has 1 heterocycles. The van der Waals surface area contributed by atoms with Crippen molar-refractivity contribution in [1.82, 2.24) is 4.98 Å². The Balaban J connectivity index is 2.55. The molecule has 0 atom stereocenters. The highest BCUT2D eigenvalue weighted by atomic mass is 35.5. The van der Waals surface area contributed by atoms with Gasteiger partial charge in [-0.25, -0.2) is 9.78 Å². The molecule has 2 rings (SSSR count). The average Bonchev–Trinajstić information content (AvgIpc) is 2.61. The molecule has 1 N–H and O–H groups in total. The number of carboxylic acids is 1. The number of carbonyl (C=O) groups is 1. The Labute approximate surface area is 101 Å². The summed E-state index contributed by atoms with van der Waals surface area (Å²) in [7, 11) is 0. The maximum absolute atomic E-state index is 11.0. The Morgan fingerprint density at radius 2 is 2.00 bits per heavy atom. The van der Waals surface area contributed by atoms with Crippen molar-refractivity contribution in [3.63, 3.8) is 0 Å². The molecule has 0 aliphatic rings. The zero-order valence-electron chi connectivity index (χ0n) is 8.40. The van der Waals surface area contributed by atoms with E-state index in [4.69, 9.17) is 16.7 Å². The minimum atomic E-state index is -1.06. The van der Waals surface area contributed by atoms with Crippen molar-refractivity contribution >= 4 is 28.9 Å². The highest BCUT2D eigenvalue weighted by Gasteiger charge is 2.17. The van der Waals surface area contributed by atoms with Gasteiger partial charge >= 0.3 is 5.97 Å². The van der Waals surface area contributed by atoms with Gasteiger partial charge in [0.15, 0.2) is 10.2 Å². The second-order valence-corrected chi connectivity index (χ2v) is 4.90. The van der Waals surface area contributed by atoms with Crippen LogP contribution in [0.1, 0.15) is 16.1 Å². The normalized spacial score (nSPS) is 10.4. The molecule has 0 spiro atoms. The summed E-state index contributed by atoms with van der Waals surface area (Å²) in [6.07, 6.45) is 0. The Hall–Kier alpha value is -1.39. The largest absolute Gasteiger partial charge is 0.476 e. The van der Waals surface area contributed by atoms with Crippen molar-refractivity contribution in [3.05, 3.63) is 40.0 Å². The van der Waals surface area contributed by atoms with E-state index in [-0.39, 0.29) is 10.2 Å². The van der Waals surface area contributed by atoms with Gasteiger partial charge in [-0.3, -0.25) is 0 Å². The number of rotatable bonds is 2. The van der Waals surface area contributed by atoms with E-state index in [0.717, 1.165) is 11.1 Å². The Kier molecular flexibility index (Phi) is 2.94. The summed E-state index contributed by atoms with van der Waals surface area (Å²) in [5.41, 5.74) is 1.96. The molecule has 0 amide bonds. The quantitative estimate of drug-likeness (QED) is 0.892. The van der Waals surface area contributed by atoms with Gasteiger partial charge in [0.1, 0.15) is 0 Å². The lowest BCUT2D eigenvalue weighted by Crippen LogP contribution is -1.98. The predicted octanol–water partition coefficient (Wildman–Crippen LogP) is 3.47. The van der Waals surface area contributed by atoms with Crippen LogP contribution in [-0.4, -0.2) is 16.1 Å². The summed E-state index contributed by atoms with van der Waals surface area (Å²) in [4.78, 5) is 15.3. The number of aromatic carboxylic acids is 1. The lowest BCUT2D eigenvalue weighted by molar-refractivity contribution is 0.0692. The lowest BCUT2D eigenvalue weighted by Gasteiger charge is -1.99. The summed E-state index contributed by atoms with van der Waals surface area (Å²) in [6.45, 7) is 1.97. The van der Waals surface area contributed by atoms with Crippen LogP contribution in [0, 0.1) is 6.92 Å².